The number of H-pyrrole nitrogens is 1. The minimum atomic E-state index is -0.0516. The summed E-state index contributed by atoms with van der Waals surface area (Å²) >= 11 is 0. The van der Waals surface area contributed by atoms with E-state index in [4.69, 9.17) is 22.3 Å². The van der Waals surface area contributed by atoms with Crippen molar-refractivity contribution in [1.82, 2.24) is 9.97 Å². The van der Waals surface area contributed by atoms with Crippen LogP contribution in [-0.2, 0) is 0 Å². The highest BCUT2D eigenvalue weighted by molar-refractivity contribution is 5.99. The van der Waals surface area contributed by atoms with Crippen molar-refractivity contribution in [3.05, 3.63) is 53.9 Å². The van der Waals surface area contributed by atoms with Gasteiger partial charge in [-0.25, -0.2) is 0 Å². The maximum atomic E-state index is 7.47. The zero-order valence-corrected chi connectivity index (χ0v) is 11.1. The van der Waals surface area contributed by atoms with E-state index in [1.807, 2.05) is 30.3 Å². The van der Waals surface area contributed by atoms with Gasteiger partial charge in [0.15, 0.2) is 0 Å². The number of amidine groups is 2. The number of aromatic nitrogens is 2. The number of nitrogens with two attached hydrogens (primary N) is 2. The van der Waals surface area contributed by atoms with Crippen LogP contribution in [0.1, 0.15) is 11.3 Å². The van der Waals surface area contributed by atoms with Crippen LogP contribution in [0.15, 0.2) is 42.6 Å². The highest BCUT2D eigenvalue weighted by Gasteiger charge is 2.06. The van der Waals surface area contributed by atoms with Gasteiger partial charge in [0.2, 0.25) is 0 Å². The summed E-state index contributed by atoms with van der Waals surface area (Å²) in [4.78, 5) is 7.43. The molecule has 0 fully saturated rings. The molecule has 0 unspecified atom stereocenters. The van der Waals surface area contributed by atoms with E-state index < -0.39 is 0 Å². The van der Waals surface area contributed by atoms with Crippen LogP contribution in [-0.4, -0.2) is 21.6 Å². The molecule has 7 N–H and O–H groups in total. The van der Waals surface area contributed by atoms with Gasteiger partial charge in [-0.3, -0.25) is 15.8 Å². The Bertz CT molecular complexity index is 844. The molecular weight excluding hydrogens is 264 g/mol. The highest BCUT2D eigenvalue weighted by Crippen LogP contribution is 2.24. The molecule has 0 bridgehead atoms. The van der Waals surface area contributed by atoms with E-state index in [0.29, 0.717) is 11.3 Å². The first-order valence-corrected chi connectivity index (χ1v) is 6.32. The van der Waals surface area contributed by atoms with Crippen molar-refractivity contribution in [3.8, 4) is 11.3 Å². The lowest BCUT2D eigenvalue weighted by molar-refractivity contribution is 1.25. The van der Waals surface area contributed by atoms with Crippen molar-refractivity contribution in [2.45, 2.75) is 0 Å². The molecular formula is C15H14N6. The predicted molar refractivity (Wildman–Crippen MR) is 83.6 cm³/mol. The fraction of sp³-hybridized carbons (Fsp3) is 0. The second-order valence-corrected chi connectivity index (χ2v) is 4.74. The lowest BCUT2D eigenvalue weighted by Gasteiger charge is -2.00. The van der Waals surface area contributed by atoms with E-state index in [1.165, 1.54) is 0 Å². The normalized spacial score (nSPS) is 10.7. The summed E-state index contributed by atoms with van der Waals surface area (Å²) in [7, 11) is 0. The Morgan fingerprint density at radius 1 is 1.00 bits per heavy atom. The standard InChI is InChI=1S/C15H14N6/c16-14(17)9-2-1-8-5-13(21-12(8)6-9)10-3-4-11(15(18)19)20-7-10/h1-7,21H,(H3,16,17)(H3,18,19). The Kier molecular flexibility index (Phi) is 2.91. The zero-order valence-electron chi connectivity index (χ0n) is 11.1. The Labute approximate surface area is 120 Å². The van der Waals surface area contributed by atoms with Gasteiger partial charge >= 0.3 is 0 Å². The molecule has 2 aromatic heterocycles. The van der Waals surface area contributed by atoms with Crippen molar-refractivity contribution < 1.29 is 0 Å². The number of hydrogen-bond donors (Lipinski definition) is 5. The number of nitrogens with one attached hydrogen (secondary N) is 3. The zero-order chi connectivity index (χ0) is 15.0. The number of hydrogen-bond acceptors (Lipinski definition) is 3. The summed E-state index contributed by atoms with van der Waals surface area (Å²) in [6.07, 6.45) is 1.67. The van der Waals surface area contributed by atoms with Crippen LogP contribution in [0, 0.1) is 10.8 Å². The third-order valence-electron chi connectivity index (χ3n) is 3.28. The average molecular weight is 278 g/mol. The number of benzene rings is 1. The van der Waals surface area contributed by atoms with Crippen LogP contribution in [0.4, 0.5) is 0 Å². The number of aromatic amines is 1. The first-order chi connectivity index (χ1) is 10.0. The average Bonchev–Trinajstić information content (AvgIpc) is 2.90. The van der Waals surface area contributed by atoms with Gasteiger partial charge in [0.05, 0.1) is 0 Å². The molecule has 104 valence electrons. The van der Waals surface area contributed by atoms with Crippen molar-refractivity contribution in [1.29, 1.82) is 10.8 Å². The monoisotopic (exact) mass is 278 g/mol. The smallest absolute Gasteiger partial charge is 0.141 e. The first-order valence-electron chi connectivity index (χ1n) is 6.32. The van der Waals surface area contributed by atoms with Crippen molar-refractivity contribution in [2.24, 2.45) is 11.5 Å². The van der Waals surface area contributed by atoms with E-state index in [9.17, 15) is 0 Å². The highest BCUT2D eigenvalue weighted by atomic mass is 14.8. The van der Waals surface area contributed by atoms with E-state index in [-0.39, 0.29) is 11.7 Å². The van der Waals surface area contributed by atoms with Gasteiger partial charge in [-0.2, -0.15) is 0 Å². The second-order valence-electron chi connectivity index (χ2n) is 4.74. The summed E-state index contributed by atoms with van der Waals surface area (Å²) in [6, 6.07) is 11.2. The summed E-state index contributed by atoms with van der Waals surface area (Å²) in [5, 5.41) is 15.8. The minimum absolute atomic E-state index is 0.0422. The maximum absolute atomic E-state index is 7.47. The topological polar surface area (TPSA) is 128 Å². The largest absolute Gasteiger partial charge is 0.384 e. The minimum Gasteiger partial charge on any atom is -0.384 e. The van der Waals surface area contributed by atoms with Gasteiger partial charge in [0.25, 0.3) is 0 Å². The molecule has 0 atom stereocenters. The summed E-state index contributed by atoms with van der Waals surface area (Å²) < 4.78 is 0. The molecule has 0 saturated heterocycles. The summed E-state index contributed by atoms with van der Waals surface area (Å²) in [5.74, 6) is -0.00942. The molecule has 0 amide bonds. The Balaban J connectivity index is 2.04. The molecule has 0 aliphatic heterocycles. The molecule has 6 nitrogen and oxygen atoms in total. The Morgan fingerprint density at radius 3 is 2.43 bits per heavy atom. The van der Waals surface area contributed by atoms with Crippen LogP contribution in [0.5, 0.6) is 0 Å². The fourth-order valence-corrected chi connectivity index (χ4v) is 2.16. The van der Waals surface area contributed by atoms with E-state index in [2.05, 4.69) is 9.97 Å². The molecule has 0 aliphatic carbocycles. The van der Waals surface area contributed by atoms with Crippen LogP contribution in [0.3, 0.4) is 0 Å². The van der Waals surface area contributed by atoms with Gasteiger partial charge in [-0.15, -0.1) is 0 Å². The first kappa shape index (κ1) is 12.9. The molecule has 6 heteroatoms. The SMILES string of the molecule is N=C(N)c1ccc2cc(-c3ccc(C(=N)N)nc3)[nH]c2c1. The second kappa shape index (κ2) is 4.75. The molecule has 3 rings (SSSR count). The van der Waals surface area contributed by atoms with E-state index in [1.54, 1.807) is 12.3 Å². The van der Waals surface area contributed by atoms with Gasteiger partial charge in [0, 0.05) is 33.9 Å². The Morgan fingerprint density at radius 2 is 1.81 bits per heavy atom. The molecule has 1 aromatic carbocycles. The molecule has 3 aromatic rings. The van der Waals surface area contributed by atoms with Gasteiger partial charge in [0.1, 0.15) is 17.4 Å². The van der Waals surface area contributed by atoms with E-state index >= 15 is 0 Å². The van der Waals surface area contributed by atoms with Gasteiger partial charge in [-0.1, -0.05) is 12.1 Å². The number of pyridine rings is 1. The molecule has 0 saturated carbocycles. The van der Waals surface area contributed by atoms with Gasteiger partial charge in [-0.05, 0) is 24.3 Å². The molecule has 0 radical (unpaired) electrons. The van der Waals surface area contributed by atoms with Crippen molar-refractivity contribution >= 4 is 22.6 Å². The molecule has 0 aliphatic rings. The Hall–Kier alpha value is -3.15. The fourth-order valence-electron chi connectivity index (χ4n) is 2.16. The predicted octanol–water partition coefficient (Wildman–Crippen LogP) is 1.80. The third-order valence-corrected chi connectivity index (χ3v) is 3.28. The summed E-state index contributed by atoms with van der Waals surface area (Å²) in [6.45, 7) is 0. The van der Waals surface area contributed by atoms with Crippen LogP contribution in [0.25, 0.3) is 22.2 Å². The van der Waals surface area contributed by atoms with Crippen LogP contribution >= 0.6 is 0 Å². The van der Waals surface area contributed by atoms with Crippen molar-refractivity contribution in [3.63, 3.8) is 0 Å². The number of rotatable bonds is 3. The quantitative estimate of drug-likeness (QED) is 0.370. The molecule has 21 heavy (non-hydrogen) atoms. The van der Waals surface area contributed by atoms with Crippen molar-refractivity contribution in [2.75, 3.05) is 0 Å². The van der Waals surface area contributed by atoms with Crippen LogP contribution in [0.2, 0.25) is 0 Å². The summed E-state index contributed by atoms with van der Waals surface area (Å²) in [5.41, 5.74) is 14.7. The molecule has 0 spiro atoms. The number of fused-ring (bicyclic) bond motifs is 1. The maximum Gasteiger partial charge on any atom is 0.141 e. The lowest BCUT2D eigenvalue weighted by Crippen LogP contribution is -2.12. The van der Waals surface area contributed by atoms with Crippen LogP contribution < -0.4 is 11.5 Å². The molecule has 2 heterocycles. The number of nitrogen functional groups attached to an aromatic ring is 2. The van der Waals surface area contributed by atoms with E-state index in [0.717, 1.165) is 22.2 Å². The third kappa shape index (κ3) is 2.34. The number of nitrogens with zero attached hydrogens (tertiary/aromatic N) is 1. The lowest BCUT2D eigenvalue weighted by atomic mass is 10.1. The van der Waals surface area contributed by atoms with Gasteiger partial charge < -0.3 is 16.5 Å².